The molecule has 1 aromatic heterocycles. The number of nitrogens with two attached hydrogens (primary N) is 1. The molecule has 1 heterocycles. The number of carbonyl (C=O) groups is 1. The van der Waals surface area contributed by atoms with Gasteiger partial charge in [0.2, 0.25) is 5.95 Å². The van der Waals surface area contributed by atoms with E-state index in [1.165, 1.54) is 32.7 Å². The summed E-state index contributed by atoms with van der Waals surface area (Å²) in [6.45, 7) is 0. The van der Waals surface area contributed by atoms with E-state index in [9.17, 15) is 4.79 Å². The number of methoxy groups -OCH3 is 2. The summed E-state index contributed by atoms with van der Waals surface area (Å²) in [6.07, 6.45) is 3.05. The number of nitrogens with zero attached hydrogens (tertiary/aromatic N) is 2. The molecule has 104 valence electrons. The highest BCUT2D eigenvalue weighted by Crippen LogP contribution is 2.31. The van der Waals surface area contributed by atoms with Crippen LogP contribution in [0.25, 0.3) is 0 Å². The molecule has 7 heteroatoms. The summed E-state index contributed by atoms with van der Waals surface area (Å²) in [5.41, 5.74) is 6.34. The van der Waals surface area contributed by atoms with Gasteiger partial charge >= 0.3 is 0 Å². The topological polar surface area (TPSA) is 99.4 Å². The Labute approximate surface area is 115 Å². The number of carbonyl (C=O) groups excluding carboxylic acids is 1. The predicted octanol–water partition coefficient (Wildman–Crippen LogP) is 1.33. The van der Waals surface area contributed by atoms with Crippen molar-refractivity contribution >= 4 is 17.5 Å². The van der Waals surface area contributed by atoms with E-state index in [0.717, 1.165) is 0 Å². The number of nitrogen functional groups attached to an aromatic ring is 1. The van der Waals surface area contributed by atoms with Gasteiger partial charge in [0.05, 0.1) is 25.5 Å². The van der Waals surface area contributed by atoms with Gasteiger partial charge in [-0.2, -0.15) is 0 Å². The first-order chi connectivity index (χ1) is 9.65. The van der Waals surface area contributed by atoms with Gasteiger partial charge in [0, 0.05) is 18.5 Å². The highest BCUT2D eigenvalue weighted by atomic mass is 16.5. The van der Waals surface area contributed by atoms with E-state index >= 15 is 0 Å². The summed E-state index contributed by atoms with van der Waals surface area (Å²) >= 11 is 0. The van der Waals surface area contributed by atoms with Crippen LogP contribution in [0.5, 0.6) is 11.5 Å². The molecular formula is C13H14N4O3. The lowest BCUT2D eigenvalue weighted by Crippen LogP contribution is -2.16. The number of anilines is 2. The average molecular weight is 274 g/mol. The lowest BCUT2D eigenvalue weighted by Gasteiger charge is -2.12. The van der Waals surface area contributed by atoms with Crippen LogP contribution in [0, 0.1) is 0 Å². The quantitative estimate of drug-likeness (QED) is 0.816. The molecule has 0 aliphatic carbocycles. The minimum Gasteiger partial charge on any atom is -0.497 e. The molecule has 0 unspecified atom stereocenters. The van der Waals surface area contributed by atoms with Gasteiger partial charge in [-0.1, -0.05) is 0 Å². The van der Waals surface area contributed by atoms with E-state index in [1.807, 2.05) is 0 Å². The molecule has 2 rings (SSSR count). The van der Waals surface area contributed by atoms with Gasteiger partial charge in [0.15, 0.2) is 0 Å². The van der Waals surface area contributed by atoms with Crippen molar-refractivity contribution in [2.45, 2.75) is 0 Å². The smallest absolute Gasteiger partial charge is 0.260 e. The molecule has 0 aliphatic heterocycles. The fourth-order valence-corrected chi connectivity index (χ4v) is 1.61. The predicted molar refractivity (Wildman–Crippen MR) is 73.9 cm³/mol. The third-order valence-corrected chi connectivity index (χ3v) is 2.61. The number of ether oxygens (including phenoxy) is 2. The zero-order valence-electron chi connectivity index (χ0n) is 11.1. The van der Waals surface area contributed by atoms with Crippen LogP contribution in [0.3, 0.4) is 0 Å². The highest BCUT2D eigenvalue weighted by Gasteiger charge is 2.16. The van der Waals surface area contributed by atoms with E-state index in [1.54, 1.807) is 12.1 Å². The Bertz CT molecular complexity index is 617. The fraction of sp³-hybridized carbons (Fsp3) is 0.154. The molecule has 0 atom stereocenters. The van der Waals surface area contributed by atoms with Crippen molar-refractivity contribution in [3.8, 4) is 11.5 Å². The van der Waals surface area contributed by atoms with E-state index in [4.69, 9.17) is 15.2 Å². The third-order valence-electron chi connectivity index (χ3n) is 2.61. The average Bonchev–Trinajstić information content (AvgIpc) is 2.48. The summed E-state index contributed by atoms with van der Waals surface area (Å²) in [7, 11) is 2.96. The number of benzene rings is 1. The molecule has 0 fully saturated rings. The van der Waals surface area contributed by atoms with Crippen molar-refractivity contribution in [3.63, 3.8) is 0 Å². The van der Waals surface area contributed by atoms with Crippen LogP contribution in [0.4, 0.5) is 11.6 Å². The van der Waals surface area contributed by atoms with E-state index in [-0.39, 0.29) is 17.2 Å². The largest absolute Gasteiger partial charge is 0.497 e. The normalized spacial score (nSPS) is 9.90. The summed E-state index contributed by atoms with van der Waals surface area (Å²) < 4.78 is 10.2. The number of hydrogen-bond acceptors (Lipinski definition) is 6. The molecule has 1 aromatic carbocycles. The van der Waals surface area contributed by atoms with Crippen molar-refractivity contribution in [2.24, 2.45) is 0 Å². The molecule has 0 aliphatic rings. The van der Waals surface area contributed by atoms with Crippen LogP contribution in [0.1, 0.15) is 10.4 Å². The zero-order valence-corrected chi connectivity index (χ0v) is 11.1. The van der Waals surface area contributed by atoms with E-state index in [2.05, 4.69) is 15.3 Å². The Morgan fingerprint density at radius 1 is 1.20 bits per heavy atom. The molecule has 0 bridgehead atoms. The van der Waals surface area contributed by atoms with Gasteiger partial charge in [-0.15, -0.1) is 0 Å². The van der Waals surface area contributed by atoms with Crippen LogP contribution < -0.4 is 20.5 Å². The second-order valence-corrected chi connectivity index (χ2v) is 3.82. The first kappa shape index (κ1) is 13.6. The van der Waals surface area contributed by atoms with Crippen molar-refractivity contribution in [2.75, 3.05) is 25.3 Å². The second kappa shape index (κ2) is 5.87. The Balaban J connectivity index is 2.34. The first-order valence-corrected chi connectivity index (χ1v) is 5.75. The van der Waals surface area contributed by atoms with E-state index in [0.29, 0.717) is 11.5 Å². The number of amides is 1. The molecule has 0 saturated heterocycles. The van der Waals surface area contributed by atoms with Crippen molar-refractivity contribution in [3.05, 3.63) is 36.2 Å². The van der Waals surface area contributed by atoms with Gasteiger partial charge < -0.3 is 15.2 Å². The maximum Gasteiger partial charge on any atom is 0.260 e. The second-order valence-electron chi connectivity index (χ2n) is 3.82. The van der Waals surface area contributed by atoms with Crippen molar-refractivity contribution in [1.29, 1.82) is 0 Å². The third kappa shape index (κ3) is 2.77. The zero-order chi connectivity index (χ0) is 14.5. The Hall–Kier alpha value is -2.83. The highest BCUT2D eigenvalue weighted by molar-refractivity contribution is 6.08. The SMILES string of the molecule is COc1cc(OC)c(N)c(C(=O)Nc2ncccn2)c1. The number of hydrogen-bond donors (Lipinski definition) is 2. The van der Waals surface area contributed by atoms with Gasteiger partial charge in [0.1, 0.15) is 11.5 Å². The number of nitrogens with one attached hydrogen (secondary N) is 1. The standard InChI is InChI=1S/C13H14N4O3/c1-19-8-6-9(11(14)10(7-8)20-2)12(18)17-13-15-4-3-5-16-13/h3-7H,14H2,1-2H3,(H,15,16,17,18). The molecule has 2 aromatic rings. The van der Waals surface area contributed by atoms with Gasteiger partial charge in [0.25, 0.3) is 5.91 Å². The van der Waals surface area contributed by atoms with Crippen LogP contribution in [0.15, 0.2) is 30.6 Å². The van der Waals surface area contributed by atoms with Crippen LogP contribution in [-0.2, 0) is 0 Å². The molecule has 1 amide bonds. The first-order valence-electron chi connectivity index (χ1n) is 5.75. The number of rotatable bonds is 4. The van der Waals surface area contributed by atoms with Crippen LogP contribution in [-0.4, -0.2) is 30.1 Å². The lowest BCUT2D eigenvalue weighted by atomic mass is 10.1. The molecule has 0 spiro atoms. The maximum atomic E-state index is 12.2. The van der Waals surface area contributed by atoms with Crippen LogP contribution in [0.2, 0.25) is 0 Å². The molecule has 20 heavy (non-hydrogen) atoms. The molecule has 3 N–H and O–H groups in total. The minimum absolute atomic E-state index is 0.193. The Kier molecular flexibility index (Phi) is 3.99. The fourth-order valence-electron chi connectivity index (χ4n) is 1.61. The number of aromatic nitrogens is 2. The van der Waals surface area contributed by atoms with Crippen LogP contribution >= 0.6 is 0 Å². The summed E-state index contributed by atoms with van der Waals surface area (Å²) in [5.74, 6) is 0.586. The summed E-state index contributed by atoms with van der Waals surface area (Å²) in [6, 6.07) is 4.78. The molecular weight excluding hydrogens is 260 g/mol. The lowest BCUT2D eigenvalue weighted by molar-refractivity contribution is 0.102. The molecule has 7 nitrogen and oxygen atoms in total. The van der Waals surface area contributed by atoms with E-state index < -0.39 is 5.91 Å². The van der Waals surface area contributed by atoms with Crippen molar-refractivity contribution in [1.82, 2.24) is 9.97 Å². The van der Waals surface area contributed by atoms with Gasteiger partial charge in [-0.3, -0.25) is 10.1 Å². The monoisotopic (exact) mass is 274 g/mol. The maximum absolute atomic E-state index is 12.2. The molecule has 0 radical (unpaired) electrons. The minimum atomic E-state index is -0.439. The van der Waals surface area contributed by atoms with Gasteiger partial charge in [-0.05, 0) is 12.1 Å². The Morgan fingerprint density at radius 3 is 2.50 bits per heavy atom. The summed E-state index contributed by atoms with van der Waals surface area (Å²) in [4.78, 5) is 20.0. The Morgan fingerprint density at radius 2 is 1.90 bits per heavy atom. The summed E-state index contributed by atoms with van der Waals surface area (Å²) in [5, 5.41) is 2.55. The van der Waals surface area contributed by atoms with Gasteiger partial charge in [-0.25, -0.2) is 9.97 Å². The van der Waals surface area contributed by atoms with Crippen molar-refractivity contribution < 1.29 is 14.3 Å². The molecule has 0 saturated carbocycles.